The number of hydrogen-bond acceptors (Lipinski definition) is 2. The summed E-state index contributed by atoms with van der Waals surface area (Å²) in [6, 6.07) is 4.49. The van der Waals surface area contributed by atoms with Crippen molar-refractivity contribution in [2.75, 3.05) is 5.75 Å². The molecular weight excluding hydrogens is 269 g/mol. The van der Waals surface area contributed by atoms with E-state index in [1.807, 2.05) is 11.8 Å². The van der Waals surface area contributed by atoms with Gasteiger partial charge in [-0.3, -0.25) is 0 Å². The molecule has 1 aliphatic rings. The molecule has 2 rings (SSSR count). The van der Waals surface area contributed by atoms with E-state index < -0.39 is 0 Å². The lowest BCUT2D eigenvalue weighted by Gasteiger charge is -2.22. The van der Waals surface area contributed by atoms with E-state index in [2.05, 4.69) is 0 Å². The average molecular weight is 288 g/mol. The van der Waals surface area contributed by atoms with Crippen molar-refractivity contribution in [1.29, 1.82) is 0 Å². The minimum Gasteiger partial charge on any atom is -0.323 e. The maximum absolute atomic E-state index is 13.7. The zero-order chi connectivity index (χ0) is 13.0. The molecule has 100 valence electrons. The molecule has 0 aliphatic heterocycles. The van der Waals surface area contributed by atoms with Crippen LogP contribution in [0, 0.1) is 5.82 Å². The zero-order valence-electron chi connectivity index (χ0n) is 10.4. The van der Waals surface area contributed by atoms with Gasteiger partial charge in [0.25, 0.3) is 0 Å². The van der Waals surface area contributed by atoms with E-state index in [1.54, 1.807) is 12.1 Å². The van der Waals surface area contributed by atoms with E-state index in [9.17, 15) is 4.39 Å². The largest absolute Gasteiger partial charge is 0.323 e. The van der Waals surface area contributed by atoms with Crippen molar-refractivity contribution in [1.82, 2.24) is 0 Å². The predicted octanol–water partition coefficient (Wildman–Crippen LogP) is 4.54. The van der Waals surface area contributed by atoms with Gasteiger partial charge < -0.3 is 5.73 Å². The van der Waals surface area contributed by atoms with Crippen LogP contribution in [0.15, 0.2) is 18.2 Å². The second-order valence-electron chi connectivity index (χ2n) is 4.87. The molecule has 0 heterocycles. The summed E-state index contributed by atoms with van der Waals surface area (Å²) in [6.45, 7) is 0. The van der Waals surface area contributed by atoms with Crippen LogP contribution in [0.25, 0.3) is 0 Å². The fourth-order valence-corrected chi connectivity index (χ4v) is 3.85. The molecule has 1 nitrogen and oxygen atoms in total. The smallest absolute Gasteiger partial charge is 0.129 e. The maximum atomic E-state index is 13.7. The molecule has 1 aromatic rings. The number of benzene rings is 1. The Bertz CT molecular complexity index is 393. The van der Waals surface area contributed by atoms with Gasteiger partial charge in [-0.25, -0.2) is 4.39 Å². The third-order valence-electron chi connectivity index (χ3n) is 3.43. The third-order valence-corrected chi connectivity index (χ3v) is 5.16. The van der Waals surface area contributed by atoms with Crippen molar-refractivity contribution in [2.45, 2.75) is 43.4 Å². The molecule has 1 saturated carbocycles. The second kappa shape index (κ2) is 6.78. The first kappa shape index (κ1) is 14.2. The second-order valence-corrected chi connectivity index (χ2v) is 6.64. The molecule has 0 aromatic heterocycles. The molecule has 1 atom stereocenters. The minimum atomic E-state index is -0.292. The normalized spacial score (nSPS) is 18.8. The molecule has 2 N–H and O–H groups in total. The Hall–Kier alpha value is -0.250. The van der Waals surface area contributed by atoms with Crippen molar-refractivity contribution in [3.63, 3.8) is 0 Å². The van der Waals surface area contributed by atoms with Gasteiger partial charge in [0, 0.05) is 27.6 Å². The fourth-order valence-electron chi connectivity index (χ4n) is 2.36. The molecular formula is C14H19ClFNS. The van der Waals surface area contributed by atoms with E-state index in [0.29, 0.717) is 15.8 Å². The van der Waals surface area contributed by atoms with Crippen LogP contribution in [0.3, 0.4) is 0 Å². The van der Waals surface area contributed by atoms with Gasteiger partial charge in [-0.15, -0.1) is 0 Å². The van der Waals surface area contributed by atoms with Gasteiger partial charge in [-0.1, -0.05) is 36.9 Å². The molecule has 1 fully saturated rings. The summed E-state index contributed by atoms with van der Waals surface area (Å²) >= 11 is 7.62. The number of thioether (sulfide) groups is 1. The summed E-state index contributed by atoms with van der Waals surface area (Å²) in [5.74, 6) is 0.489. The van der Waals surface area contributed by atoms with Gasteiger partial charge in [0.05, 0.1) is 0 Å². The van der Waals surface area contributed by atoms with E-state index in [0.717, 1.165) is 5.75 Å². The molecule has 0 saturated heterocycles. The van der Waals surface area contributed by atoms with Gasteiger partial charge in [-0.05, 0) is 25.0 Å². The Morgan fingerprint density at radius 1 is 1.33 bits per heavy atom. The number of nitrogens with two attached hydrogens (primary N) is 1. The standard InChI is InChI=1S/C14H19ClFNS/c15-10-6-7-12(13(16)8-10)14(17)9-18-11-4-2-1-3-5-11/h6-8,11,14H,1-5,9,17H2. The fraction of sp³-hybridized carbons (Fsp3) is 0.571. The van der Waals surface area contributed by atoms with Crippen LogP contribution in [0.5, 0.6) is 0 Å². The third kappa shape index (κ3) is 3.87. The SMILES string of the molecule is NC(CSC1CCCCC1)c1ccc(Cl)cc1F. The van der Waals surface area contributed by atoms with Gasteiger partial charge >= 0.3 is 0 Å². The quantitative estimate of drug-likeness (QED) is 0.879. The monoisotopic (exact) mass is 287 g/mol. The van der Waals surface area contributed by atoms with Gasteiger partial charge in [-0.2, -0.15) is 11.8 Å². The van der Waals surface area contributed by atoms with Crippen molar-refractivity contribution in [3.05, 3.63) is 34.6 Å². The Labute approximate surface area is 117 Å². The van der Waals surface area contributed by atoms with Crippen molar-refractivity contribution in [3.8, 4) is 0 Å². The lowest BCUT2D eigenvalue weighted by molar-refractivity contribution is 0.515. The van der Waals surface area contributed by atoms with Crippen molar-refractivity contribution < 1.29 is 4.39 Å². The molecule has 0 amide bonds. The first-order valence-corrected chi connectivity index (χ1v) is 7.91. The first-order valence-electron chi connectivity index (χ1n) is 6.49. The number of rotatable bonds is 4. The molecule has 1 aliphatic carbocycles. The Balaban J connectivity index is 1.88. The van der Waals surface area contributed by atoms with Crippen molar-refractivity contribution in [2.24, 2.45) is 5.73 Å². The summed E-state index contributed by atoms with van der Waals surface area (Å²) < 4.78 is 13.7. The number of hydrogen-bond donors (Lipinski definition) is 1. The highest BCUT2D eigenvalue weighted by Gasteiger charge is 2.17. The van der Waals surface area contributed by atoms with Crippen LogP contribution < -0.4 is 5.73 Å². The summed E-state index contributed by atoms with van der Waals surface area (Å²) in [5, 5.41) is 1.13. The molecule has 0 radical (unpaired) electrons. The topological polar surface area (TPSA) is 26.0 Å². The molecule has 0 spiro atoms. The lowest BCUT2D eigenvalue weighted by atomic mass is 10.0. The highest BCUT2D eigenvalue weighted by atomic mass is 35.5. The van der Waals surface area contributed by atoms with Crippen LogP contribution in [0.4, 0.5) is 4.39 Å². The maximum Gasteiger partial charge on any atom is 0.129 e. The van der Waals surface area contributed by atoms with Crippen LogP contribution in [0.2, 0.25) is 5.02 Å². The van der Waals surface area contributed by atoms with E-state index in [4.69, 9.17) is 17.3 Å². The summed E-state index contributed by atoms with van der Waals surface area (Å²) in [5.41, 5.74) is 6.63. The Kier molecular flexibility index (Phi) is 5.34. The molecule has 18 heavy (non-hydrogen) atoms. The first-order chi connectivity index (χ1) is 8.66. The average Bonchev–Trinajstić information content (AvgIpc) is 2.37. The molecule has 0 bridgehead atoms. The van der Waals surface area contributed by atoms with E-state index in [-0.39, 0.29) is 11.9 Å². The predicted molar refractivity (Wildman–Crippen MR) is 77.7 cm³/mol. The van der Waals surface area contributed by atoms with E-state index >= 15 is 0 Å². The van der Waals surface area contributed by atoms with Crippen LogP contribution in [-0.4, -0.2) is 11.0 Å². The summed E-state index contributed by atoms with van der Waals surface area (Å²) in [4.78, 5) is 0. The summed E-state index contributed by atoms with van der Waals surface area (Å²) in [6.07, 6.45) is 6.56. The van der Waals surface area contributed by atoms with Crippen LogP contribution in [0.1, 0.15) is 43.7 Å². The van der Waals surface area contributed by atoms with Crippen molar-refractivity contribution >= 4 is 23.4 Å². The highest BCUT2D eigenvalue weighted by molar-refractivity contribution is 7.99. The molecule has 1 aromatic carbocycles. The Morgan fingerprint density at radius 3 is 2.72 bits per heavy atom. The van der Waals surface area contributed by atoms with Gasteiger partial charge in [0.1, 0.15) is 5.82 Å². The molecule has 1 unspecified atom stereocenters. The number of halogens is 2. The van der Waals surface area contributed by atoms with Gasteiger partial charge in [0.15, 0.2) is 0 Å². The Morgan fingerprint density at radius 2 is 2.06 bits per heavy atom. The lowest BCUT2D eigenvalue weighted by Crippen LogP contribution is -2.18. The summed E-state index contributed by atoms with van der Waals surface area (Å²) in [7, 11) is 0. The van der Waals surface area contributed by atoms with E-state index in [1.165, 1.54) is 38.2 Å². The van der Waals surface area contributed by atoms with Gasteiger partial charge in [0.2, 0.25) is 0 Å². The zero-order valence-corrected chi connectivity index (χ0v) is 11.9. The van der Waals surface area contributed by atoms with Crippen LogP contribution >= 0.6 is 23.4 Å². The molecule has 4 heteroatoms. The van der Waals surface area contributed by atoms with Crippen LogP contribution in [-0.2, 0) is 0 Å². The minimum absolute atomic E-state index is 0.241. The highest BCUT2D eigenvalue weighted by Crippen LogP contribution is 2.31.